The number of Topliss-reactive ketones (excluding diaryl/α,β-unsaturated/α-hetero) is 1. The van der Waals surface area contributed by atoms with E-state index < -0.39 is 0 Å². The predicted molar refractivity (Wildman–Crippen MR) is 70.6 cm³/mol. The first-order valence-electron chi connectivity index (χ1n) is 5.41. The summed E-state index contributed by atoms with van der Waals surface area (Å²) >= 11 is 1.65. The molecular formula is C13H14N2OS. The zero-order chi connectivity index (χ0) is 12.3. The van der Waals surface area contributed by atoms with Crippen LogP contribution in [0.5, 0.6) is 0 Å². The number of rotatable bonds is 4. The van der Waals surface area contributed by atoms with Gasteiger partial charge >= 0.3 is 0 Å². The number of thiazole rings is 1. The molecule has 17 heavy (non-hydrogen) atoms. The molecule has 0 atom stereocenters. The highest BCUT2D eigenvalue weighted by atomic mass is 32.1. The summed E-state index contributed by atoms with van der Waals surface area (Å²) in [5.74, 6) is 0.0899. The standard InChI is InChI=1S/C13H14N2OS/c1-9-8-17-13(15-9)7-14-12-5-3-11(4-6-12)10(2)16/h3-6,8,14H,7H2,1-2H3. The van der Waals surface area contributed by atoms with Crippen molar-refractivity contribution in [2.24, 2.45) is 0 Å². The summed E-state index contributed by atoms with van der Waals surface area (Å²) in [4.78, 5) is 15.5. The van der Waals surface area contributed by atoms with E-state index in [1.54, 1.807) is 18.3 Å². The predicted octanol–water partition coefficient (Wildman–Crippen LogP) is 3.27. The molecular weight excluding hydrogens is 232 g/mol. The number of hydrogen-bond donors (Lipinski definition) is 1. The highest BCUT2D eigenvalue weighted by Crippen LogP contribution is 2.13. The molecule has 1 aromatic carbocycles. The van der Waals surface area contributed by atoms with Gasteiger partial charge in [-0.3, -0.25) is 4.79 Å². The first-order chi connectivity index (χ1) is 8.15. The Bertz CT molecular complexity index is 516. The Kier molecular flexibility index (Phi) is 3.54. The second-order valence-electron chi connectivity index (χ2n) is 3.87. The van der Waals surface area contributed by atoms with Crippen molar-refractivity contribution in [1.82, 2.24) is 4.98 Å². The van der Waals surface area contributed by atoms with Gasteiger partial charge in [-0.15, -0.1) is 11.3 Å². The fourth-order valence-electron chi connectivity index (χ4n) is 1.48. The van der Waals surface area contributed by atoms with E-state index in [4.69, 9.17) is 0 Å². The highest BCUT2D eigenvalue weighted by molar-refractivity contribution is 7.09. The number of carbonyl (C=O) groups excluding carboxylic acids is 1. The topological polar surface area (TPSA) is 42.0 Å². The lowest BCUT2D eigenvalue weighted by Crippen LogP contribution is -1.99. The third-order valence-electron chi connectivity index (χ3n) is 2.40. The van der Waals surface area contributed by atoms with Gasteiger partial charge in [0.25, 0.3) is 0 Å². The summed E-state index contributed by atoms with van der Waals surface area (Å²) in [6.45, 7) is 4.28. The van der Waals surface area contributed by atoms with Crippen LogP contribution in [-0.4, -0.2) is 10.8 Å². The smallest absolute Gasteiger partial charge is 0.159 e. The average molecular weight is 246 g/mol. The number of hydrogen-bond acceptors (Lipinski definition) is 4. The molecule has 4 heteroatoms. The molecule has 2 aromatic rings. The summed E-state index contributed by atoms with van der Waals surface area (Å²) in [5, 5.41) is 6.38. The van der Waals surface area contributed by atoms with E-state index in [9.17, 15) is 4.79 Å². The van der Waals surface area contributed by atoms with Crippen LogP contribution in [0.25, 0.3) is 0 Å². The van der Waals surface area contributed by atoms with Crippen LogP contribution in [0.3, 0.4) is 0 Å². The zero-order valence-electron chi connectivity index (χ0n) is 9.86. The van der Waals surface area contributed by atoms with E-state index in [-0.39, 0.29) is 5.78 Å². The lowest BCUT2D eigenvalue weighted by molar-refractivity contribution is 0.101. The first kappa shape index (κ1) is 11.8. The maximum atomic E-state index is 11.1. The number of anilines is 1. The molecule has 1 aromatic heterocycles. The van der Waals surface area contributed by atoms with Crippen molar-refractivity contribution in [3.63, 3.8) is 0 Å². The molecule has 0 unspecified atom stereocenters. The van der Waals surface area contributed by atoms with Crippen molar-refractivity contribution in [3.05, 3.63) is 45.9 Å². The van der Waals surface area contributed by atoms with Gasteiger partial charge in [0.05, 0.1) is 6.54 Å². The Morgan fingerprint density at radius 2 is 2.06 bits per heavy atom. The minimum absolute atomic E-state index is 0.0899. The number of nitrogens with one attached hydrogen (secondary N) is 1. The Labute approximate surface area is 105 Å². The Morgan fingerprint density at radius 1 is 1.35 bits per heavy atom. The second kappa shape index (κ2) is 5.10. The fraction of sp³-hybridized carbons (Fsp3) is 0.231. The number of aromatic nitrogens is 1. The minimum atomic E-state index is 0.0899. The lowest BCUT2D eigenvalue weighted by atomic mass is 10.1. The summed E-state index contributed by atoms with van der Waals surface area (Å²) in [6.07, 6.45) is 0. The van der Waals surface area contributed by atoms with Crippen molar-refractivity contribution < 1.29 is 4.79 Å². The molecule has 0 amide bonds. The maximum Gasteiger partial charge on any atom is 0.159 e. The molecule has 0 saturated carbocycles. The SMILES string of the molecule is CC(=O)c1ccc(NCc2nc(C)cs2)cc1. The molecule has 88 valence electrons. The molecule has 0 saturated heterocycles. The molecule has 3 nitrogen and oxygen atoms in total. The molecule has 0 aliphatic carbocycles. The lowest BCUT2D eigenvalue weighted by Gasteiger charge is -2.04. The van der Waals surface area contributed by atoms with E-state index >= 15 is 0 Å². The van der Waals surface area contributed by atoms with Crippen molar-refractivity contribution in [1.29, 1.82) is 0 Å². The van der Waals surface area contributed by atoms with E-state index in [0.717, 1.165) is 28.5 Å². The van der Waals surface area contributed by atoms with Gasteiger partial charge in [0.1, 0.15) is 5.01 Å². The Balaban J connectivity index is 1.97. The van der Waals surface area contributed by atoms with Crippen LogP contribution in [0, 0.1) is 6.92 Å². The molecule has 1 heterocycles. The quantitative estimate of drug-likeness (QED) is 0.842. The zero-order valence-corrected chi connectivity index (χ0v) is 10.7. The molecule has 2 rings (SSSR count). The number of benzene rings is 1. The molecule has 0 aliphatic rings. The fourth-order valence-corrected chi connectivity index (χ4v) is 2.20. The van der Waals surface area contributed by atoms with Gasteiger partial charge in [0.2, 0.25) is 0 Å². The molecule has 0 spiro atoms. The van der Waals surface area contributed by atoms with Gasteiger partial charge in [-0.2, -0.15) is 0 Å². The molecule has 0 bridgehead atoms. The Morgan fingerprint density at radius 3 is 2.59 bits per heavy atom. The normalized spacial score (nSPS) is 10.2. The molecule has 1 N–H and O–H groups in total. The van der Waals surface area contributed by atoms with Crippen LogP contribution in [0.2, 0.25) is 0 Å². The van der Waals surface area contributed by atoms with Crippen LogP contribution in [-0.2, 0) is 6.54 Å². The summed E-state index contributed by atoms with van der Waals surface area (Å²) in [7, 11) is 0. The van der Waals surface area contributed by atoms with Crippen molar-refractivity contribution in [2.45, 2.75) is 20.4 Å². The van der Waals surface area contributed by atoms with Gasteiger partial charge in [-0.25, -0.2) is 4.98 Å². The summed E-state index contributed by atoms with van der Waals surface area (Å²) in [5.41, 5.74) is 2.79. The van der Waals surface area contributed by atoms with Crippen LogP contribution in [0.4, 0.5) is 5.69 Å². The van der Waals surface area contributed by atoms with Gasteiger partial charge in [0.15, 0.2) is 5.78 Å². The third-order valence-corrected chi connectivity index (χ3v) is 3.37. The first-order valence-corrected chi connectivity index (χ1v) is 6.29. The van der Waals surface area contributed by atoms with E-state index in [0.29, 0.717) is 0 Å². The van der Waals surface area contributed by atoms with E-state index in [1.165, 1.54) is 0 Å². The average Bonchev–Trinajstić information content (AvgIpc) is 2.73. The van der Waals surface area contributed by atoms with Crippen molar-refractivity contribution in [2.75, 3.05) is 5.32 Å². The van der Waals surface area contributed by atoms with E-state index in [2.05, 4.69) is 10.3 Å². The molecule has 0 aliphatic heterocycles. The van der Waals surface area contributed by atoms with Crippen LogP contribution >= 0.6 is 11.3 Å². The number of nitrogens with zero attached hydrogens (tertiary/aromatic N) is 1. The van der Waals surface area contributed by atoms with Gasteiger partial charge in [0, 0.05) is 22.3 Å². The van der Waals surface area contributed by atoms with Crippen molar-refractivity contribution >= 4 is 22.8 Å². The number of ketones is 1. The van der Waals surface area contributed by atoms with Crippen molar-refractivity contribution in [3.8, 4) is 0 Å². The monoisotopic (exact) mass is 246 g/mol. The second-order valence-corrected chi connectivity index (χ2v) is 4.81. The summed E-state index contributed by atoms with van der Waals surface area (Å²) < 4.78 is 0. The largest absolute Gasteiger partial charge is 0.379 e. The Hall–Kier alpha value is -1.68. The minimum Gasteiger partial charge on any atom is -0.379 e. The number of carbonyl (C=O) groups is 1. The van der Waals surface area contributed by atoms with E-state index in [1.807, 2.05) is 36.6 Å². The maximum absolute atomic E-state index is 11.1. The summed E-state index contributed by atoms with van der Waals surface area (Å²) in [6, 6.07) is 7.49. The van der Waals surface area contributed by atoms with Crippen LogP contribution < -0.4 is 5.32 Å². The van der Waals surface area contributed by atoms with Crippen LogP contribution in [0.1, 0.15) is 28.0 Å². The van der Waals surface area contributed by atoms with Crippen LogP contribution in [0.15, 0.2) is 29.6 Å². The van der Waals surface area contributed by atoms with Gasteiger partial charge in [-0.1, -0.05) is 0 Å². The number of aryl methyl sites for hydroxylation is 1. The molecule has 0 radical (unpaired) electrons. The molecule has 0 fully saturated rings. The third kappa shape index (κ3) is 3.14. The van der Waals surface area contributed by atoms with Gasteiger partial charge in [-0.05, 0) is 38.1 Å². The van der Waals surface area contributed by atoms with Gasteiger partial charge < -0.3 is 5.32 Å². The highest BCUT2D eigenvalue weighted by Gasteiger charge is 2.00.